The van der Waals surface area contributed by atoms with Gasteiger partial charge in [0.05, 0.1) is 12.7 Å². The van der Waals surface area contributed by atoms with Crippen molar-refractivity contribution in [2.45, 2.75) is 6.42 Å². The molecule has 1 aliphatic rings. The lowest BCUT2D eigenvalue weighted by atomic mass is 9.93. The maximum absolute atomic E-state index is 11.8. The average molecular weight is 231 g/mol. The van der Waals surface area contributed by atoms with Crippen LogP contribution < -0.4 is 0 Å². The van der Waals surface area contributed by atoms with Crippen molar-refractivity contribution < 1.29 is 9.53 Å². The van der Waals surface area contributed by atoms with Gasteiger partial charge in [0.15, 0.2) is 0 Å². The number of esters is 1. The van der Waals surface area contributed by atoms with Crippen molar-refractivity contribution in [2.24, 2.45) is 0 Å². The normalized spacial score (nSPS) is 17.1. The molecular weight excluding hydrogens is 214 g/mol. The molecule has 3 heteroatoms. The highest BCUT2D eigenvalue weighted by atomic mass is 16.5. The van der Waals surface area contributed by atoms with E-state index in [9.17, 15) is 4.79 Å². The summed E-state index contributed by atoms with van der Waals surface area (Å²) in [6.45, 7) is 1.64. The van der Waals surface area contributed by atoms with Gasteiger partial charge in [-0.2, -0.15) is 0 Å². The summed E-state index contributed by atoms with van der Waals surface area (Å²) < 4.78 is 4.87. The number of carbonyl (C=O) groups is 1. The van der Waals surface area contributed by atoms with E-state index in [1.54, 1.807) is 0 Å². The molecule has 0 saturated heterocycles. The number of hydrogen-bond donors (Lipinski definition) is 0. The molecule has 0 amide bonds. The van der Waals surface area contributed by atoms with Gasteiger partial charge in [-0.15, -0.1) is 0 Å². The molecule has 90 valence electrons. The molecule has 0 atom stereocenters. The fraction of sp³-hybridized carbons (Fsp3) is 0.357. The van der Waals surface area contributed by atoms with Crippen molar-refractivity contribution in [3.8, 4) is 0 Å². The smallest absolute Gasteiger partial charge is 0.335 e. The Balaban J connectivity index is 2.42. The van der Waals surface area contributed by atoms with Crippen molar-refractivity contribution >= 4 is 11.5 Å². The van der Waals surface area contributed by atoms with Crippen LogP contribution in [0.25, 0.3) is 5.57 Å². The third-order valence-electron chi connectivity index (χ3n) is 3.09. The first-order valence-corrected chi connectivity index (χ1v) is 5.76. The number of methoxy groups -OCH3 is 1. The fourth-order valence-electron chi connectivity index (χ4n) is 2.17. The summed E-state index contributed by atoms with van der Waals surface area (Å²) in [6.07, 6.45) is 0.894. The number of nitrogens with zero attached hydrogens (tertiary/aromatic N) is 1. The maximum Gasteiger partial charge on any atom is 0.335 e. The van der Waals surface area contributed by atoms with Crippen molar-refractivity contribution in [1.82, 2.24) is 4.90 Å². The van der Waals surface area contributed by atoms with E-state index in [-0.39, 0.29) is 5.97 Å². The molecule has 0 spiro atoms. The largest absolute Gasteiger partial charge is 0.466 e. The quantitative estimate of drug-likeness (QED) is 0.729. The molecule has 0 aliphatic carbocycles. The van der Waals surface area contributed by atoms with Gasteiger partial charge in [0, 0.05) is 13.1 Å². The van der Waals surface area contributed by atoms with Crippen molar-refractivity contribution in [3.63, 3.8) is 0 Å². The Bertz CT molecular complexity index is 437. The molecule has 0 saturated carbocycles. The zero-order valence-corrected chi connectivity index (χ0v) is 10.3. The van der Waals surface area contributed by atoms with Gasteiger partial charge in [-0.3, -0.25) is 0 Å². The van der Waals surface area contributed by atoms with Gasteiger partial charge in [-0.25, -0.2) is 4.79 Å². The lowest BCUT2D eigenvalue weighted by Gasteiger charge is -2.26. The van der Waals surface area contributed by atoms with Crippen molar-refractivity contribution in [2.75, 3.05) is 27.2 Å². The monoisotopic (exact) mass is 231 g/mol. The summed E-state index contributed by atoms with van der Waals surface area (Å²) in [7, 11) is 3.46. The first-order valence-electron chi connectivity index (χ1n) is 5.76. The Morgan fingerprint density at radius 2 is 2.00 bits per heavy atom. The van der Waals surface area contributed by atoms with E-state index in [2.05, 4.69) is 4.90 Å². The van der Waals surface area contributed by atoms with Crippen LogP contribution in [0, 0.1) is 0 Å². The van der Waals surface area contributed by atoms with Crippen LogP contribution in [0.4, 0.5) is 0 Å². The number of carbonyl (C=O) groups excluding carboxylic acids is 1. The summed E-state index contributed by atoms with van der Waals surface area (Å²) in [5.74, 6) is -0.213. The van der Waals surface area contributed by atoms with Gasteiger partial charge in [0.1, 0.15) is 0 Å². The first-order chi connectivity index (χ1) is 8.22. The van der Waals surface area contributed by atoms with E-state index in [1.165, 1.54) is 7.11 Å². The predicted octanol–water partition coefficient (Wildman–Crippen LogP) is 1.95. The lowest BCUT2D eigenvalue weighted by molar-refractivity contribution is -0.136. The predicted molar refractivity (Wildman–Crippen MR) is 67.5 cm³/mol. The lowest BCUT2D eigenvalue weighted by Crippen LogP contribution is -2.31. The second-order valence-electron chi connectivity index (χ2n) is 4.30. The Kier molecular flexibility index (Phi) is 3.59. The maximum atomic E-state index is 11.8. The number of rotatable bonds is 2. The summed E-state index contributed by atoms with van der Waals surface area (Å²) in [6, 6.07) is 10.1. The van der Waals surface area contributed by atoms with E-state index in [1.807, 2.05) is 37.4 Å². The number of ether oxygens (including phenoxy) is 1. The molecule has 0 radical (unpaired) electrons. The Labute approximate surface area is 102 Å². The van der Waals surface area contributed by atoms with Crippen LogP contribution in [-0.4, -0.2) is 38.1 Å². The molecular formula is C14H17NO2. The van der Waals surface area contributed by atoms with Crippen LogP contribution in [0.1, 0.15) is 12.0 Å². The average Bonchev–Trinajstić information content (AvgIpc) is 2.38. The molecule has 17 heavy (non-hydrogen) atoms. The number of benzene rings is 1. The third kappa shape index (κ3) is 2.56. The molecule has 0 N–H and O–H groups in total. The van der Waals surface area contributed by atoms with Crippen LogP contribution >= 0.6 is 0 Å². The minimum Gasteiger partial charge on any atom is -0.466 e. The van der Waals surface area contributed by atoms with Crippen molar-refractivity contribution in [1.29, 1.82) is 0 Å². The van der Waals surface area contributed by atoms with E-state index < -0.39 is 0 Å². The van der Waals surface area contributed by atoms with Crippen LogP contribution in [0.15, 0.2) is 35.9 Å². The Morgan fingerprint density at radius 3 is 2.65 bits per heavy atom. The molecule has 2 rings (SSSR count). The molecule has 0 fully saturated rings. The Hall–Kier alpha value is -1.61. The zero-order valence-electron chi connectivity index (χ0n) is 10.3. The van der Waals surface area contributed by atoms with E-state index in [0.29, 0.717) is 6.54 Å². The van der Waals surface area contributed by atoms with Gasteiger partial charge in [0.25, 0.3) is 0 Å². The highest BCUT2D eigenvalue weighted by Gasteiger charge is 2.23. The molecule has 1 aromatic rings. The minimum absolute atomic E-state index is 0.213. The first kappa shape index (κ1) is 11.9. The summed E-state index contributed by atoms with van der Waals surface area (Å²) in [5, 5.41) is 0. The topological polar surface area (TPSA) is 29.5 Å². The van der Waals surface area contributed by atoms with Gasteiger partial charge in [-0.1, -0.05) is 30.3 Å². The standard InChI is InChI=1S/C14H17NO2/c1-15-9-8-12(11-6-4-3-5-7-11)13(10-15)14(16)17-2/h3-7H,8-10H2,1-2H3. The molecule has 0 bridgehead atoms. The summed E-state index contributed by atoms with van der Waals surface area (Å²) >= 11 is 0. The van der Waals surface area contributed by atoms with Crippen molar-refractivity contribution in [3.05, 3.63) is 41.5 Å². The van der Waals surface area contributed by atoms with Gasteiger partial charge in [0.2, 0.25) is 0 Å². The van der Waals surface area contributed by atoms with Gasteiger partial charge < -0.3 is 9.64 Å². The number of likely N-dealkylation sites (N-methyl/N-ethyl adjacent to an activating group) is 1. The van der Waals surface area contributed by atoms with E-state index >= 15 is 0 Å². The molecule has 0 unspecified atom stereocenters. The molecule has 1 aromatic carbocycles. The van der Waals surface area contributed by atoms with E-state index in [0.717, 1.165) is 29.7 Å². The van der Waals surface area contributed by atoms with E-state index in [4.69, 9.17) is 4.74 Å². The van der Waals surface area contributed by atoms with Crippen LogP contribution in [0.3, 0.4) is 0 Å². The molecule has 0 aromatic heterocycles. The van der Waals surface area contributed by atoms with Crippen LogP contribution in [0.5, 0.6) is 0 Å². The van der Waals surface area contributed by atoms with Crippen LogP contribution in [0.2, 0.25) is 0 Å². The Morgan fingerprint density at radius 1 is 1.29 bits per heavy atom. The SMILES string of the molecule is COC(=O)C1=C(c2ccccc2)CCN(C)C1. The second kappa shape index (κ2) is 5.15. The number of hydrogen-bond acceptors (Lipinski definition) is 3. The molecule has 1 heterocycles. The summed E-state index contributed by atoms with van der Waals surface area (Å²) in [5.41, 5.74) is 3.03. The molecule has 1 aliphatic heterocycles. The van der Waals surface area contributed by atoms with Crippen LogP contribution in [-0.2, 0) is 9.53 Å². The highest BCUT2D eigenvalue weighted by molar-refractivity contribution is 5.98. The third-order valence-corrected chi connectivity index (χ3v) is 3.09. The zero-order chi connectivity index (χ0) is 12.3. The second-order valence-corrected chi connectivity index (χ2v) is 4.30. The summed E-state index contributed by atoms with van der Waals surface area (Å²) in [4.78, 5) is 13.9. The fourth-order valence-corrected chi connectivity index (χ4v) is 2.17. The van der Waals surface area contributed by atoms with Gasteiger partial charge >= 0.3 is 5.97 Å². The molecule has 3 nitrogen and oxygen atoms in total. The highest BCUT2D eigenvalue weighted by Crippen LogP contribution is 2.27. The van der Waals surface area contributed by atoms with Gasteiger partial charge in [-0.05, 0) is 24.6 Å². The minimum atomic E-state index is -0.213.